The largest absolute Gasteiger partial charge is 0.444 e. The van der Waals surface area contributed by atoms with Crippen LogP contribution in [0.3, 0.4) is 0 Å². The van der Waals surface area contributed by atoms with E-state index in [2.05, 4.69) is 90.5 Å². The van der Waals surface area contributed by atoms with Gasteiger partial charge >= 0.3 is 6.09 Å². The number of hydrogen-bond acceptors (Lipinski definition) is 3. The fourth-order valence-electron chi connectivity index (χ4n) is 3.72. The van der Waals surface area contributed by atoms with Gasteiger partial charge < -0.3 is 14.5 Å². The number of rotatable bonds is 7. The lowest BCUT2D eigenvalue weighted by molar-refractivity contribution is 0.0487. The summed E-state index contributed by atoms with van der Waals surface area (Å²) in [7, 11) is -2.67. The highest BCUT2D eigenvalue weighted by molar-refractivity contribution is 9.09. The van der Waals surface area contributed by atoms with Gasteiger partial charge in [0.15, 0.2) is 0 Å². The van der Waals surface area contributed by atoms with E-state index in [1.807, 2.05) is 39.8 Å². The number of carbonyl (C=O) groups excluding carboxylic acids is 1. The summed E-state index contributed by atoms with van der Waals surface area (Å²) in [6.45, 7) is 14.7. The van der Waals surface area contributed by atoms with Crippen LogP contribution in [0, 0.1) is 0 Å². The van der Waals surface area contributed by atoms with Gasteiger partial charge in [0.25, 0.3) is 8.32 Å². The first-order valence-electron chi connectivity index (χ1n) is 10.8. The normalized spacial score (nSPS) is 14.6. The van der Waals surface area contributed by atoms with Crippen molar-refractivity contribution < 1.29 is 14.0 Å². The van der Waals surface area contributed by atoms with Crippen LogP contribution in [-0.2, 0) is 9.16 Å². The number of ether oxygens (including phenoxy) is 1. The third-order valence-electron chi connectivity index (χ3n) is 5.15. The number of benzene rings is 2. The molecule has 2 rings (SSSR count). The molecular weight excluding hydrogens is 470 g/mol. The first-order valence-corrected chi connectivity index (χ1v) is 13.6. The zero-order chi connectivity index (χ0) is 23.3. The Hall–Kier alpha value is -1.63. The highest BCUT2D eigenvalue weighted by atomic mass is 79.9. The van der Waals surface area contributed by atoms with E-state index < -0.39 is 20.0 Å². The van der Waals surface area contributed by atoms with E-state index in [4.69, 9.17) is 9.16 Å². The number of alkyl carbamates (subject to hydrolysis) is 1. The molecule has 0 heterocycles. The van der Waals surface area contributed by atoms with Gasteiger partial charge in [0, 0.05) is 4.83 Å². The Labute approximate surface area is 197 Å². The highest BCUT2D eigenvalue weighted by Gasteiger charge is 2.50. The monoisotopic (exact) mass is 505 g/mol. The van der Waals surface area contributed by atoms with Gasteiger partial charge in [-0.2, -0.15) is 0 Å². The number of nitrogens with one attached hydrogen (secondary N) is 1. The van der Waals surface area contributed by atoms with E-state index in [1.54, 1.807) is 0 Å². The molecular formula is C25H36BrNO3Si. The minimum atomic E-state index is -2.67. The molecule has 0 fully saturated rings. The summed E-state index contributed by atoms with van der Waals surface area (Å²) < 4.78 is 12.4. The molecule has 0 aromatic heterocycles. The van der Waals surface area contributed by atoms with Crippen LogP contribution >= 0.6 is 15.9 Å². The molecule has 0 aliphatic heterocycles. The van der Waals surface area contributed by atoms with Crippen LogP contribution in [0.4, 0.5) is 4.79 Å². The van der Waals surface area contributed by atoms with Gasteiger partial charge in [-0.25, -0.2) is 4.79 Å². The second kappa shape index (κ2) is 10.3. The molecule has 6 heteroatoms. The fraction of sp³-hybridized carbons (Fsp3) is 0.480. The lowest BCUT2D eigenvalue weighted by Gasteiger charge is -2.44. The second-order valence-corrected chi connectivity index (χ2v) is 15.7. The highest BCUT2D eigenvalue weighted by Crippen LogP contribution is 2.37. The van der Waals surface area contributed by atoms with Gasteiger partial charge in [0.1, 0.15) is 5.60 Å². The van der Waals surface area contributed by atoms with Gasteiger partial charge in [-0.3, -0.25) is 0 Å². The Morgan fingerprint density at radius 3 is 1.74 bits per heavy atom. The Bertz CT molecular complexity index is 790. The van der Waals surface area contributed by atoms with Crippen LogP contribution in [0.1, 0.15) is 48.5 Å². The molecule has 0 radical (unpaired) electrons. The van der Waals surface area contributed by atoms with Crippen molar-refractivity contribution >= 4 is 40.7 Å². The number of alkyl halides is 1. The minimum Gasteiger partial charge on any atom is -0.444 e. The van der Waals surface area contributed by atoms with Gasteiger partial charge in [0.2, 0.25) is 0 Å². The molecule has 0 saturated carbocycles. The molecule has 0 aliphatic rings. The van der Waals surface area contributed by atoms with E-state index in [-0.39, 0.29) is 15.9 Å². The number of halogens is 1. The summed E-state index contributed by atoms with van der Waals surface area (Å²) in [6, 6.07) is 20.8. The van der Waals surface area contributed by atoms with Gasteiger partial charge in [-0.1, -0.05) is 104 Å². The summed E-state index contributed by atoms with van der Waals surface area (Å²) in [4.78, 5) is 12.4. The lowest BCUT2D eigenvalue weighted by Crippen LogP contribution is -2.67. The molecule has 4 nitrogen and oxygen atoms in total. The molecule has 2 aromatic rings. The van der Waals surface area contributed by atoms with Gasteiger partial charge in [-0.15, -0.1) is 0 Å². The van der Waals surface area contributed by atoms with Crippen molar-refractivity contribution in [2.24, 2.45) is 0 Å². The molecule has 1 amide bonds. The summed E-state index contributed by atoms with van der Waals surface area (Å²) in [6.07, 6.45) is -0.435. The smallest absolute Gasteiger partial charge is 0.407 e. The lowest BCUT2D eigenvalue weighted by atomic mass is 10.2. The van der Waals surface area contributed by atoms with E-state index in [1.165, 1.54) is 10.4 Å². The minimum absolute atomic E-state index is 0.0123. The van der Waals surface area contributed by atoms with E-state index in [0.29, 0.717) is 6.61 Å². The molecule has 170 valence electrons. The zero-order valence-electron chi connectivity index (χ0n) is 19.7. The summed E-state index contributed by atoms with van der Waals surface area (Å²) in [5, 5.41) is 5.30. The second-order valence-electron chi connectivity index (χ2n) is 9.90. The van der Waals surface area contributed by atoms with E-state index in [0.717, 1.165) is 0 Å². The summed E-state index contributed by atoms with van der Waals surface area (Å²) in [5.41, 5.74) is -0.553. The van der Waals surface area contributed by atoms with Crippen molar-refractivity contribution in [1.29, 1.82) is 0 Å². The average molecular weight is 507 g/mol. The Balaban J connectivity index is 2.42. The average Bonchev–Trinajstić information content (AvgIpc) is 2.66. The van der Waals surface area contributed by atoms with Gasteiger partial charge in [0.05, 0.1) is 12.6 Å². The van der Waals surface area contributed by atoms with E-state index >= 15 is 0 Å². The third-order valence-corrected chi connectivity index (χ3v) is 10.8. The standard InChI is InChI=1S/C25H36BrNO3Si/c1-19(26)22(27-23(28)30-24(2,3)4)18-29-31(25(5,6)7,20-14-10-8-11-15-20)21-16-12-9-13-17-21/h8-17,19,22H,18H2,1-7H3,(H,27,28)/t19-,22+/m0/s1. The first-order chi connectivity index (χ1) is 14.4. The van der Waals surface area contributed by atoms with Crippen LogP contribution in [-0.4, -0.2) is 37.5 Å². The first kappa shape index (κ1) is 25.6. The van der Waals surface area contributed by atoms with Crippen molar-refractivity contribution in [2.75, 3.05) is 6.61 Å². The maximum Gasteiger partial charge on any atom is 0.407 e. The van der Waals surface area contributed by atoms with Crippen LogP contribution in [0.25, 0.3) is 0 Å². The van der Waals surface area contributed by atoms with Crippen molar-refractivity contribution in [3.63, 3.8) is 0 Å². The van der Waals surface area contributed by atoms with Crippen LogP contribution in [0.15, 0.2) is 60.7 Å². The molecule has 0 bridgehead atoms. The molecule has 2 aromatic carbocycles. The molecule has 0 spiro atoms. The maximum absolute atomic E-state index is 12.4. The number of amides is 1. The fourth-order valence-corrected chi connectivity index (χ4v) is 8.59. The number of carbonyl (C=O) groups is 1. The van der Waals surface area contributed by atoms with Crippen LogP contribution in [0.5, 0.6) is 0 Å². The Kier molecular flexibility index (Phi) is 8.53. The molecule has 0 aliphatic carbocycles. The Morgan fingerprint density at radius 2 is 1.39 bits per heavy atom. The Morgan fingerprint density at radius 1 is 0.935 bits per heavy atom. The van der Waals surface area contributed by atoms with Crippen LogP contribution in [0.2, 0.25) is 5.04 Å². The predicted octanol–water partition coefficient (Wildman–Crippen LogP) is 5.24. The molecule has 0 saturated heterocycles. The summed E-state index contributed by atoms with van der Waals surface area (Å²) in [5.74, 6) is 0. The predicted molar refractivity (Wildman–Crippen MR) is 135 cm³/mol. The van der Waals surface area contributed by atoms with Crippen molar-refractivity contribution in [1.82, 2.24) is 5.32 Å². The van der Waals surface area contributed by atoms with Crippen LogP contribution < -0.4 is 15.7 Å². The maximum atomic E-state index is 12.4. The molecule has 31 heavy (non-hydrogen) atoms. The van der Waals surface area contributed by atoms with Crippen molar-refractivity contribution in [3.8, 4) is 0 Å². The van der Waals surface area contributed by atoms with Crippen molar-refractivity contribution in [2.45, 2.75) is 70.0 Å². The molecule has 2 atom stereocenters. The SMILES string of the molecule is C[C@H](Br)[C@@H](CO[Si](c1ccccc1)(c1ccccc1)C(C)(C)C)NC(=O)OC(C)(C)C. The number of hydrogen-bond donors (Lipinski definition) is 1. The molecule has 1 N–H and O–H groups in total. The topological polar surface area (TPSA) is 47.6 Å². The quantitative estimate of drug-likeness (QED) is 0.413. The van der Waals surface area contributed by atoms with E-state index in [9.17, 15) is 4.79 Å². The molecule has 0 unspecified atom stereocenters. The van der Waals surface area contributed by atoms with Gasteiger partial charge in [-0.05, 0) is 36.2 Å². The zero-order valence-corrected chi connectivity index (χ0v) is 22.3. The third kappa shape index (κ3) is 6.67. The van der Waals surface area contributed by atoms with Crippen molar-refractivity contribution in [3.05, 3.63) is 60.7 Å². The summed E-state index contributed by atoms with van der Waals surface area (Å²) >= 11 is 3.64.